The molecule has 0 unspecified atom stereocenters. The van der Waals surface area contributed by atoms with Crippen LogP contribution in [-0.2, 0) is 22.7 Å². The fraction of sp³-hybridized carbons (Fsp3) is 0.680. The maximum Gasteiger partial charge on any atom is 0.227 e. The van der Waals surface area contributed by atoms with E-state index in [0.717, 1.165) is 44.6 Å². The average molecular weight is 416 g/mol. The lowest BCUT2D eigenvalue weighted by Gasteiger charge is -2.35. The maximum atomic E-state index is 12.8. The Balaban J connectivity index is 1.89. The molecule has 1 aliphatic heterocycles. The number of nitrogens with one attached hydrogen (secondary N) is 1. The Kier molecular flexibility index (Phi) is 9.35. The fourth-order valence-electron chi connectivity index (χ4n) is 4.01. The van der Waals surface area contributed by atoms with Crippen LogP contribution >= 0.6 is 0 Å². The highest BCUT2D eigenvalue weighted by Crippen LogP contribution is 2.23. The Morgan fingerprint density at radius 3 is 2.60 bits per heavy atom. The highest BCUT2D eigenvalue weighted by molar-refractivity contribution is 5.83. The highest BCUT2D eigenvalue weighted by Gasteiger charge is 2.33. The maximum absolute atomic E-state index is 12.8. The molecule has 1 aromatic carbocycles. The van der Waals surface area contributed by atoms with Gasteiger partial charge in [-0.3, -0.25) is 14.5 Å². The molecular weight excluding hydrogens is 374 g/mol. The van der Waals surface area contributed by atoms with Crippen molar-refractivity contribution in [3.8, 4) is 0 Å². The second-order valence-corrected chi connectivity index (χ2v) is 9.60. The van der Waals surface area contributed by atoms with E-state index in [2.05, 4.69) is 48.3 Å². The van der Waals surface area contributed by atoms with Crippen LogP contribution in [-0.4, -0.2) is 47.8 Å². The molecule has 1 atom stereocenters. The number of likely N-dealkylation sites (tertiary alicyclic amines) is 1. The van der Waals surface area contributed by atoms with Crippen molar-refractivity contribution in [1.29, 1.82) is 0 Å². The van der Waals surface area contributed by atoms with Gasteiger partial charge in [0.25, 0.3) is 0 Å². The van der Waals surface area contributed by atoms with E-state index >= 15 is 0 Å². The van der Waals surface area contributed by atoms with Crippen LogP contribution in [0.5, 0.6) is 0 Å². The number of benzene rings is 1. The number of amides is 2. The van der Waals surface area contributed by atoms with Crippen LogP contribution in [0.15, 0.2) is 24.3 Å². The van der Waals surface area contributed by atoms with Gasteiger partial charge in [0.05, 0.1) is 5.92 Å². The summed E-state index contributed by atoms with van der Waals surface area (Å²) < 4.78 is 0. The highest BCUT2D eigenvalue weighted by atomic mass is 16.2. The smallest absolute Gasteiger partial charge is 0.227 e. The number of hydrogen-bond donors (Lipinski definition) is 1. The third-order valence-electron chi connectivity index (χ3n) is 5.86. The number of carbonyl (C=O) groups is 2. The van der Waals surface area contributed by atoms with Gasteiger partial charge in [-0.15, -0.1) is 0 Å². The van der Waals surface area contributed by atoms with Gasteiger partial charge in [-0.05, 0) is 43.5 Å². The van der Waals surface area contributed by atoms with E-state index < -0.39 is 5.41 Å². The first kappa shape index (κ1) is 24.4. The summed E-state index contributed by atoms with van der Waals surface area (Å²) in [6.45, 7) is 15.2. The molecule has 1 saturated heterocycles. The molecule has 5 heteroatoms. The Morgan fingerprint density at radius 1 is 1.20 bits per heavy atom. The van der Waals surface area contributed by atoms with Gasteiger partial charge in [-0.2, -0.15) is 0 Å². The summed E-state index contributed by atoms with van der Waals surface area (Å²) >= 11 is 0. The van der Waals surface area contributed by atoms with Gasteiger partial charge >= 0.3 is 0 Å². The molecule has 2 amide bonds. The lowest BCUT2D eigenvalue weighted by Crippen LogP contribution is -2.48. The Labute approximate surface area is 183 Å². The zero-order valence-electron chi connectivity index (χ0n) is 19.7. The van der Waals surface area contributed by atoms with Crippen LogP contribution < -0.4 is 5.32 Å². The first-order valence-electron chi connectivity index (χ1n) is 11.6. The van der Waals surface area contributed by atoms with Gasteiger partial charge in [0.1, 0.15) is 0 Å². The normalized spacial score (nSPS) is 17.3. The van der Waals surface area contributed by atoms with Crippen LogP contribution in [0.1, 0.15) is 71.4 Å². The summed E-state index contributed by atoms with van der Waals surface area (Å²) in [5.74, 6) is 0.0825. The lowest BCUT2D eigenvalue weighted by atomic mass is 9.91. The molecule has 0 aliphatic carbocycles. The van der Waals surface area contributed by atoms with E-state index in [1.54, 1.807) is 0 Å². The molecule has 30 heavy (non-hydrogen) atoms. The molecule has 0 saturated carbocycles. The fourth-order valence-corrected chi connectivity index (χ4v) is 4.01. The van der Waals surface area contributed by atoms with Crippen molar-refractivity contribution in [3.63, 3.8) is 0 Å². The largest absolute Gasteiger partial charge is 0.352 e. The van der Waals surface area contributed by atoms with Crippen molar-refractivity contribution in [2.75, 3.05) is 26.2 Å². The van der Waals surface area contributed by atoms with E-state index in [0.29, 0.717) is 13.1 Å². The topological polar surface area (TPSA) is 52.7 Å². The summed E-state index contributed by atoms with van der Waals surface area (Å²) in [6, 6.07) is 8.51. The number of piperidine rings is 1. The van der Waals surface area contributed by atoms with Crippen molar-refractivity contribution >= 4 is 11.8 Å². The van der Waals surface area contributed by atoms with Gasteiger partial charge in [0.2, 0.25) is 11.8 Å². The zero-order valence-corrected chi connectivity index (χ0v) is 19.7. The predicted octanol–water partition coefficient (Wildman–Crippen LogP) is 4.21. The lowest BCUT2D eigenvalue weighted by molar-refractivity contribution is -0.142. The minimum Gasteiger partial charge on any atom is -0.352 e. The van der Waals surface area contributed by atoms with Crippen LogP contribution in [0.25, 0.3) is 0 Å². The van der Waals surface area contributed by atoms with Gasteiger partial charge in [0.15, 0.2) is 0 Å². The van der Waals surface area contributed by atoms with Gasteiger partial charge in [0, 0.05) is 31.6 Å². The molecule has 2 rings (SSSR count). The van der Waals surface area contributed by atoms with Crippen LogP contribution in [0.3, 0.4) is 0 Å². The monoisotopic (exact) mass is 415 g/mol. The molecule has 1 aliphatic rings. The minimum absolute atomic E-state index is 0.0601. The molecule has 5 nitrogen and oxygen atoms in total. The van der Waals surface area contributed by atoms with Crippen LogP contribution in [0, 0.1) is 11.3 Å². The van der Waals surface area contributed by atoms with Crippen LogP contribution in [0.2, 0.25) is 0 Å². The molecule has 0 radical (unpaired) electrons. The molecule has 168 valence electrons. The molecule has 1 fully saturated rings. The zero-order chi connectivity index (χ0) is 22.1. The van der Waals surface area contributed by atoms with Crippen molar-refractivity contribution in [1.82, 2.24) is 15.1 Å². The first-order chi connectivity index (χ1) is 14.2. The standard InChI is InChI=1S/C25H41N3O2/c1-6-8-14-27(7-2)18-21-12-9-11-20(16-21)17-26-23(29)22-13-10-15-28(19-22)24(30)25(3,4)5/h9,11-12,16,22H,6-8,10,13-15,17-19H2,1-5H3,(H,26,29)/t22-/m1/s1. The van der Waals surface area contributed by atoms with Crippen molar-refractivity contribution in [2.45, 2.75) is 73.4 Å². The Hall–Kier alpha value is -1.88. The number of hydrogen-bond acceptors (Lipinski definition) is 3. The summed E-state index contributed by atoms with van der Waals surface area (Å²) in [4.78, 5) is 29.7. The molecule has 0 bridgehead atoms. The van der Waals surface area contributed by atoms with E-state index in [-0.39, 0.29) is 17.7 Å². The second kappa shape index (κ2) is 11.5. The first-order valence-corrected chi connectivity index (χ1v) is 11.6. The number of carbonyl (C=O) groups excluding carboxylic acids is 2. The van der Waals surface area contributed by atoms with E-state index in [9.17, 15) is 9.59 Å². The van der Waals surface area contributed by atoms with Gasteiger partial charge in [-0.25, -0.2) is 0 Å². The summed E-state index contributed by atoms with van der Waals surface area (Å²) in [5, 5.41) is 3.11. The third-order valence-corrected chi connectivity index (χ3v) is 5.86. The molecular formula is C25H41N3O2. The Bertz CT molecular complexity index is 696. The third kappa shape index (κ3) is 7.42. The van der Waals surface area contributed by atoms with Gasteiger partial charge < -0.3 is 10.2 Å². The van der Waals surface area contributed by atoms with E-state index in [4.69, 9.17) is 0 Å². The quantitative estimate of drug-likeness (QED) is 0.657. The van der Waals surface area contributed by atoms with Gasteiger partial charge in [-0.1, -0.05) is 65.3 Å². The molecule has 0 aromatic heterocycles. The molecule has 1 aromatic rings. The van der Waals surface area contributed by atoms with Crippen molar-refractivity contribution in [3.05, 3.63) is 35.4 Å². The molecule has 0 spiro atoms. The summed E-state index contributed by atoms with van der Waals surface area (Å²) in [5.41, 5.74) is 2.02. The summed E-state index contributed by atoms with van der Waals surface area (Å²) in [7, 11) is 0. The van der Waals surface area contributed by atoms with Crippen LogP contribution in [0.4, 0.5) is 0 Å². The molecule has 1 heterocycles. The van der Waals surface area contributed by atoms with Crippen molar-refractivity contribution in [2.24, 2.45) is 11.3 Å². The van der Waals surface area contributed by atoms with E-state index in [1.807, 2.05) is 25.7 Å². The second-order valence-electron chi connectivity index (χ2n) is 9.60. The average Bonchev–Trinajstić information content (AvgIpc) is 2.74. The van der Waals surface area contributed by atoms with Crippen molar-refractivity contribution < 1.29 is 9.59 Å². The number of nitrogens with zero attached hydrogens (tertiary/aromatic N) is 2. The SMILES string of the molecule is CCCCN(CC)Cc1cccc(CNC(=O)[C@@H]2CCCN(C(=O)C(C)(C)C)C2)c1. The Morgan fingerprint density at radius 2 is 1.93 bits per heavy atom. The number of unbranched alkanes of at least 4 members (excludes halogenated alkanes) is 1. The predicted molar refractivity (Wildman–Crippen MR) is 123 cm³/mol. The van der Waals surface area contributed by atoms with E-state index in [1.165, 1.54) is 18.4 Å². The summed E-state index contributed by atoms with van der Waals surface area (Å²) in [6.07, 6.45) is 4.17. The number of rotatable bonds is 9. The molecule has 1 N–H and O–H groups in total. The minimum atomic E-state index is -0.400.